The molecule has 0 atom stereocenters. The molecule has 2 aliphatic heterocycles. The zero-order valence-corrected chi connectivity index (χ0v) is 17.2. The highest BCUT2D eigenvalue weighted by molar-refractivity contribution is 7.12. The monoisotopic (exact) mass is 415 g/mol. The second kappa shape index (κ2) is 8.84. The number of thiophene rings is 1. The smallest absolute Gasteiger partial charge is 0.277 e. The molecule has 154 valence electrons. The Balaban J connectivity index is 1.23. The molecule has 2 amide bonds. The van der Waals surface area contributed by atoms with Crippen LogP contribution in [-0.4, -0.2) is 85.6 Å². The van der Waals surface area contributed by atoms with Crippen molar-refractivity contribution in [3.8, 4) is 5.75 Å². The molecular weight excluding hydrogens is 388 g/mol. The summed E-state index contributed by atoms with van der Waals surface area (Å²) < 4.78 is 0. The Kier molecular flexibility index (Phi) is 6.01. The molecule has 1 aromatic heterocycles. The summed E-state index contributed by atoms with van der Waals surface area (Å²) in [6, 6.07) is 11.1. The first-order valence-electron chi connectivity index (χ1n) is 10.1. The van der Waals surface area contributed by atoms with Crippen LogP contribution in [0.25, 0.3) is 0 Å². The second-order valence-electron chi connectivity index (χ2n) is 7.55. The van der Waals surface area contributed by atoms with Gasteiger partial charge in [0.25, 0.3) is 11.8 Å². The van der Waals surface area contributed by atoms with E-state index in [1.165, 1.54) is 16.2 Å². The quantitative estimate of drug-likeness (QED) is 0.746. The number of piperazine rings is 2. The summed E-state index contributed by atoms with van der Waals surface area (Å²) in [5, 5.41) is 11.9. The fraction of sp³-hybridized carbons (Fsp3) is 0.429. The van der Waals surface area contributed by atoms with Crippen LogP contribution in [0.4, 0.5) is 5.69 Å². The standard InChI is InChI=1S/C21H26N4O3S/c26-18-5-2-1-4-17(18)23-9-7-22(8-10-23)16-20(27)24-11-13-25(14-12-24)21(28)19-6-3-15-29-19/h1-6,15,26H,7-14,16H2/p+1. The van der Waals surface area contributed by atoms with Gasteiger partial charge in [-0.2, -0.15) is 0 Å². The molecule has 0 saturated carbocycles. The van der Waals surface area contributed by atoms with Crippen LogP contribution in [0.15, 0.2) is 41.8 Å². The van der Waals surface area contributed by atoms with E-state index in [0.29, 0.717) is 38.5 Å². The Bertz CT molecular complexity index is 841. The molecule has 2 N–H and O–H groups in total. The maximum atomic E-state index is 12.7. The third-order valence-electron chi connectivity index (χ3n) is 5.75. The number of phenolic OH excluding ortho intramolecular Hbond substituents is 1. The summed E-state index contributed by atoms with van der Waals surface area (Å²) in [4.78, 5) is 33.1. The molecular formula is C21H27N4O3S+. The van der Waals surface area contributed by atoms with Crippen LogP contribution in [-0.2, 0) is 4.79 Å². The lowest BCUT2D eigenvalue weighted by atomic mass is 10.2. The van der Waals surface area contributed by atoms with Gasteiger partial charge in [0, 0.05) is 26.2 Å². The summed E-state index contributed by atoms with van der Waals surface area (Å²) in [6.45, 7) is 6.28. The number of quaternary nitrogens is 1. The molecule has 29 heavy (non-hydrogen) atoms. The molecule has 2 fully saturated rings. The molecule has 4 rings (SSSR count). The number of carbonyl (C=O) groups excluding carboxylic acids is 2. The number of para-hydroxylation sites is 2. The normalized spacial score (nSPS) is 18.1. The van der Waals surface area contributed by atoms with Crippen LogP contribution >= 0.6 is 11.3 Å². The van der Waals surface area contributed by atoms with E-state index in [4.69, 9.17) is 0 Å². The molecule has 0 bridgehead atoms. The predicted octanol–water partition coefficient (Wildman–Crippen LogP) is 0.143. The van der Waals surface area contributed by atoms with Gasteiger partial charge in [0.05, 0.1) is 36.7 Å². The average molecular weight is 416 g/mol. The first-order valence-corrected chi connectivity index (χ1v) is 11.0. The maximum absolute atomic E-state index is 12.7. The number of anilines is 1. The highest BCUT2D eigenvalue weighted by Gasteiger charge is 2.29. The number of hydrogen-bond acceptors (Lipinski definition) is 5. The molecule has 3 heterocycles. The van der Waals surface area contributed by atoms with Gasteiger partial charge in [-0.1, -0.05) is 18.2 Å². The maximum Gasteiger partial charge on any atom is 0.277 e. The summed E-state index contributed by atoms with van der Waals surface area (Å²) in [5.74, 6) is 0.541. The molecule has 0 aliphatic carbocycles. The van der Waals surface area contributed by atoms with Gasteiger partial charge < -0.3 is 24.7 Å². The number of phenols is 1. The van der Waals surface area contributed by atoms with Crippen molar-refractivity contribution in [2.24, 2.45) is 0 Å². The summed E-state index contributed by atoms with van der Waals surface area (Å²) in [6.07, 6.45) is 0. The molecule has 0 unspecified atom stereocenters. The molecule has 2 saturated heterocycles. The first kappa shape index (κ1) is 19.7. The van der Waals surface area contributed by atoms with Crippen LogP contribution in [0.3, 0.4) is 0 Å². The first-order chi connectivity index (χ1) is 14.1. The van der Waals surface area contributed by atoms with Crippen molar-refractivity contribution in [1.29, 1.82) is 0 Å². The van der Waals surface area contributed by atoms with Crippen molar-refractivity contribution in [3.05, 3.63) is 46.7 Å². The van der Waals surface area contributed by atoms with Crippen LogP contribution < -0.4 is 9.80 Å². The van der Waals surface area contributed by atoms with Crippen LogP contribution in [0.1, 0.15) is 9.67 Å². The zero-order chi connectivity index (χ0) is 20.2. The van der Waals surface area contributed by atoms with Gasteiger partial charge in [-0.05, 0) is 23.6 Å². The van der Waals surface area contributed by atoms with Crippen molar-refractivity contribution in [2.75, 3.05) is 63.8 Å². The van der Waals surface area contributed by atoms with E-state index >= 15 is 0 Å². The molecule has 2 aliphatic rings. The SMILES string of the molecule is O=C(C[NH+]1CCN(c2ccccc2O)CC1)N1CCN(C(=O)c2cccs2)CC1. The molecule has 1 aromatic carbocycles. The number of amides is 2. The van der Waals surface area contributed by atoms with Crippen LogP contribution in [0.5, 0.6) is 5.75 Å². The number of benzene rings is 1. The van der Waals surface area contributed by atoms with E-state index in [1.54, 1.807) is 6.07 Å². The number of rotatable bonds is 4. The van der Waals surface area contributed by atoms with Gasteiger partial charge in [0.15, 0.2) is 6.54 Å². The van der Waals surface area contributed by atoms with Gasteiger partial charge >= 0.3 is 0 Å². The third-order valence-corrected chi connectivity index (χ3v) is 6.60. The van der Waals surface area contributed by atoms with E-state index in [1.807, 2.05) is 45.5 Å². The summed E-state index contributed by atoms with van der Waals surface area (Å²) >= 11 is 1.46. The highest BCUT2D eigenvalue weighted by Crippen LogP contribution is 2.26. The van der Waals surface area contributed by atoms with Crippen LogP contribution in [0.2, 0.25) is 0 Å². The highest BCUT2D eigenvalue weighted by atomic mass is 32.1. The second-order valence-corrected chi connectivity index (χ2v) is 8.50. The van der Waals surface area contributed by atoms with E-state index in [2.05, 4.69) is 4.90 Å². The van der Waals surface area contributed by atoms with Crippen LogP contribution in [0, 0.1) is 0 Å². The lowest BCUT2D eigenvalue weighted by molar-refractivity contribution is -0.892. The van der Waals surface area contributed by atoms with Crippen molar-refractivity contribution in [3.63, 3.8) is 0 Å². The summed E-state index contributed by atoms with van der Waals surface area (Å²) in [7, 11) is 0. The predicted molar refractivity (Wildman–Crippen MR) is 113 cm³/mol. The molecule has 7 nitrogen and oxygen atoms in total. The van der Waals surface area contributed by atoms with E-state index in [9.17, 15) is 14.7 Å². The number of carbonyl (C=O) groups is 2. The molecule has 8 heteroatoms. The minimum absolute atomic E-state index is 0.0676. The van der Waals surface area contributed by atoms with Gasteiger partial charge in [0.1, 0.15) is 5.75 Å². The minimum Gasteiger partial charge on any atom is -0.506 e. The summed E-state index contributed by atoms with van der Waals surface area (Å²) in [5.41, 5.74) is 0.865. The third kappa shape index (κ3) is 4.54. The van der Waals surface area contributed by atoms with E-state index in [0.717, 1.165) is 36.7 Å². The van der Waals surface area contributed by atoms with E-state index < -0.39 is 0 Å². The fourth-order valence-electron chi connectivity index (χ4n) is 4.01. The van der Waals surface area contributed by atoms with Gasteiger partial charge in [0.2, 0.25) is 0 Å². The van der Waals surface area contributed by atoms with E-state index in [-0.39, 0.29) is 11.8 Å². The lowest BCUT2D eigenvalue weighted by Crippen LogP contribution is -3.16. The average Bonchev–Trinajstić information content (AvgIpc) is 3.29. The van der Waals surface area contributed by atoms with Gasteiger partial charge in [-0.3, -0.25) is 9.59 Å². The molecule has 2 aromatic rings. The Labute approximate surface area is 174 Å². The van der Waals surface area contributed by atoms with Gasteiger partial charge in [-0.25, -0.2) is 0 Å². The molecule has 0 spiro atoms. The Morgan fingerprint density at radius 2 is 1.62 bits per heavy atom. The van der Waals surface area contributed by atoms with Crippen molar-refractivity contribution in [2.45, 2.75) is 0 Å². The Morgan fingerprint density at radius 3 is 2.28 bits per heavy atom. The van der Waals surface area contributed by atoms with Crippen molar-refractivity contribution < 1.29 is 19.6 Å². The molecule has 0 radical (unpaired) electrons. The number of nitrogens with zero attached hydrogens (tertiary/aromatic N) is 3. The van der Waals surface area contributed by atoms with Gasteiger partial charge in [-0.15, -0.1) is 11.3 Å². The zero-order valence-electron chi connectivity index (χ0n) is 16.4. The van der Waals surface area contributed by atoms with Crippen molar-refractivity contribution in [1.82, 2.24) is 9.80 Å². The number of nitrogens with one attached hydrogen (secondary N) is 1. The Hall–Kier alpha value is -2.58. The topological polar surface area (TPSA) is 68.5 Å². The largest absolute Gasteiger partial charge is 0.506 e. The lowest BCUT2D eigenvalue weighted by Gasteiger charge is -2.37. The minimum atomic E-state index is 0.0676. The number of aromatic hydroxyl groups is 1. The fourth-order valence-corrected chi connectivity index (χ4v) is 4.70. The van der Waals surface area contributed by atoms with Crippen molar-refractivity contribution >= 4 is 28.8 Å². The Morgan fingerprint density at radius 1 is 0.931 bits per heavy atom. The number of hydrogen-bond donors (Lipinski definition) is 2.